The van der Waals surface area contributed by atoms with Crippen LogP contribution >= 0.6 is 11.3 Å². The predicted molar refractivity (Wildman–Crippen MR) is 146 cm³/mol. The zero-order chi connectivity index (χ0) is 26.8. The number of hydrogen-bond acceptors (Lipinski definition) is 8. The quantitative estimate of drug-likeness (QED) is 0.168. The molecule has 1 amide bonds. The van der Waals surface area contributed by atoms with Crippen LogP contribution in [0.25, 0.3) is 16.0 Å². The number of benzene rings is 3. The summed E-state index contributed by atoms with van der Waals surface area (Å²) in [6.45, 7) is 4.90. The molecule has 0 saturated carbocycles. The number of amides is 1. The third-order valence-corrected chi connectivity index (χ3v) is 7.12. The number of aromatic hydroxyl groups is 1. The molecule has 4 aromatic rings. The largest absolute Gasteiger partial charge is 0.508 e. The number of thiazole rings is 1. The van der Waals surface area contributed by atoms with Crippen LogP contribution in [-0.4, -0.2) is 40.1 Å². The minimum atomic E-state index is -0.956. The first-order valence-electron chi connectivity index (χ1n) is 12.3. The van der Waals surface area contributed by atoms with Gasteiger partial charge in [0.2, 0.25) is 0 Å². The number of ether oxygens (including phenoxy) is 2. The summed E-state index contributed by atoms with van der Waals surface area (Å²) >= 11 is 1.25. The van der Waals surface area contributed by atoms with Gasteiger partial charge in [-0.05, 0) is 61.4 Å². The summed E-state index contributed by atoms with van der Waals surface area (Å²) in [5.74, 6) is -0.678. The van der Waals surface area contributed by atoms with E-state index in [0.29, 0.717) is 46.5 Å². The van der Waals surface area contributed by atoms with E-state index >= 15 is 0 Å². The molecule has 9 heteroatoms. The number of nitrogens with zero attached hydrogens (tertiary/aromatic N) is 2. The van der Waals surface area contributed by atoms with Gasteiger partial charge in [0.1, 0.15) is 23.0 Å². The molecule has 5 rings (SSSR count). The molecule has 1 aliphatic rings. The number of phenolic OH excluding ortho intramolecular Hbond substituents is 1. The van der Waals surface area contributed by atoms with Crippen molar-refractivity contribution in [1.82, 2.24) is 4.98 Å². The molecule has 1 saturated heterocycles. The van der Waals surface area contributed by atoms with Gasteiger partial charge in [0.15, 0.2) is 5.13 Å². The molecule has 1 fully saturated rings. The number of hydrogen-bond donors (Lipinski definition) is 2. The fraction of sp³-hybridized carbons (Fsp3) is 0.207. The van der Waals surface area contributed by atoms with Crippen molar-refractivity contribution in [3.8, 4) is 17.2 Å². The fourth-order valence-corrected chi connectivity index (χ4v) is 5.38. The molecule has 2 N–H and O–H groups in total. The minimum absolute atomic E-state index is 0.0370. The lowest BCUT2D eigenvalue weighted by Crippen LogP contribution is -2.29. The van der Waals surface area contributed by atoms with E-state index in [-0.39, 0.29) is 17.1 Å². The molecule has 1 unspecified atom stereocenters. The normalized spacial score (nSPS) is 16.8. The van der Waals surface area contributed by atoms with E-state index < -0.39 is 17.7 Å². The van der Waals surface area contributed by atoms with Crippen LogP contribution in [0.1, 0.15) is 37.4 Å². The summed E-state index contributed by atoms with van der Waals surface area (Å²) in [6.07, 6.45) is 0.816. The third-order valence-electron chi connectivity index (χ3n) is 6.10. The van der Waals surface area contributed by atoms with Gasteiger partial charge >= 0.3 is 5.91 Å². The highest BCUT2D eigenvalue weighted by molar-refractivity contribution is 7.22. The van der Waals surface area contributed by atoms with E-state index in [1.807, 2.05) is 19.9 Å². The molecule has 0 radical (unpaired) electrons. The first kappa shape index (κ1) is 25.3. The van der Waals surface area contributed by atoms with Gasteiger partial charge < -0.3 is 19.7 Å². The summed E-state index contributed by atoms with van der Waals surface area (Å²) in [4.78, 5) is 32.8. The van der Waals surface area contributed by atoms with Gasteiger partial charge in [-0.15, -0.1) is 0 Å². The van der Waals surface area contributed by atoms with Crippen LogP contribution in [0.15, 0.2) is 72.3 Å². The highest BCUT2D eigenvalue weighted by Crippen LogP contribution is 2.45. The molecule has 3 aromatic carbocycles. The molecular weight excluding hydrogens is 504 g/mol. The lowest BCUT2D eigenvalue weighted by Gasteiger charge is -2.23. The highest BCUT2D eigenvalue weighted by Gasteiger charge is 2.48. The molecule has 38 heavy (non-hydrogen) atoms. The van der Waals surface area contributed by atoms with Crippen molar-refractivity contribution < 1.29 is 29.3 Å². The van der Waals surface area contributed by atoms with Gasteiger partial charge in [0.05, 0.1) is 35.0 Å². The minimum Gasteiger partial charge on any atom is -0.508 e. The maximum Gasteiger partial charge on any atom is 0.301 e. The Bertz CT molecular complexity index is 1540. The second-order valence-electron chi connectivity index (χ2n) is 8.70. The number of ketones is 1. The number of aliphatic hydroxyl groups is 1. The molecule has 0 spiro atoms. The van der Waals surface area contributed by atoms with Crippen molar-refractivity contribution in [2.45, 2.75) is 26.3 Å². The second-order valence-corrected chi connectivity index (χ2v) is 9.71. The topological polar surface area (TPSA) is 109 Å². The summed E-state index contributed by atoms with van der Waals surface area (Å²) in [6, 6.07) is 17.4. The van der Waals surface area contributed by atoms with Gasteiger partial charge in [-0.1, -0.05) is 42.5 Å². The molecular formula is C29H26N2O6S. The number of aromatic nitrogens is 1. The average Bonchev–Trinajstić information content (AvgIpc) is 3.45. The molecule has 1 atom stereocenters. The van der Waals surface area contributed by atoms with Crippen molar-refractivity contribution in [3.63, 3.8) is 0 Å². The zero-order valence-electron chi connectivity index (χ0n) is 20.9. The molecule has 8 nitrogen and oxygen atoms in total. The van der Waals surface area contributed by atoms with Gasteiger partial charge in [0, 0.05) is 5.56 Å². The van der Waals surface area contributed by atoms with Crippen LogP contribution in [0.2, 0.25) is 0 Å². The number of fused-ring (bicyclic) bond motifs is 1. The van der Waals surface area contributed by atoms with Crippen LogP contribution in [-0.2, 0) is 9.59 Å². The van der Waals surface area contributed by atoms with E-state index in [1.54, 1.807) is 48.5 Å². The number of carbonyl (C=O) groups excluding carboxylic acids is 2. The van der Waals surface area contributed by atoms with Crippen molar-refractivity contribution in [1.29, 1.82) is 0 Å². The molecule has 1 aliphatic heterocycles. The van der Waals surface area contributed by atoms with Crippen molar-refractivity contribution in [2.75, 3.05) is 18.1 Å². The fourth-order valence-electron chi connectivity index (χ4n) is 4.36. The monoisotopic (exact) mass is 530 g/mol. The zero-order valence-corrected chi connectivity index (χ0v) is 21.7. The van der Waals surface area contributed by atoms with Crippen LogP contribution < -0.4 is 14.4 Å². The Balaban J connectivity index is 1.65. The molecule has 0 bridgehead atoms. The van der Waals surface area contributed by atoms with Crippen LogP contribution in [0.4, 0.5) is 5.13 Å². The SMILES string of the molecule is CCCOc1cccc(/C(O)=C2\C(=O)C(=O)N(c3nc4ccc(OCC)cc4s3)C2c2ccc(O)cc2)c1. The smallest absolute Gasteiger partial charge is 0.301 e. The molecule has 1 aromatic heterocycles. The van der Waals surface area contributed by atoms with Gasteiger partial charge in [-0.25, -0.2) is 4.98 Å². The molecule has 2 heterocycles. The number of Topliss-reactive ketones (excluding diaryl/α,β-unsaturated/α-hetero) is 1. The van der Waals surface area contributed by atoms with Gasteiger partial charge in [0.25, 0.3) is 5.78 Å². The molecule has 0 aliphatic carbocycles. The Morgan fingerprint density at radius 3 is 2.50 bits per heavy atom. The summed E-state index contributed by atoms with van der Waals surface area (Å²) in [5.41, 5.74) is 1.48. The highest BCUT2D eigenvalue weighted by atomic mass is 32.1. The maximum atomic E-state index is 13.5. The van der Waals surface area contributed by atoms with E-state index in [4.69, 9.17) is 9.47 Å². The summed E-state index contributed by atoms with van der Waals surface area (Å²) in [7, 11) is 0. The number of carbonyl (C=O) groups is 2. The van der Waals surface area contributed by atoms with Crippen molar-refractivity contribution >= 4 is 44.1 Å². The first-order chi connectivity index (χ1) is 18.4. The van der Waals surface area contributed by atoms with Crippen molar-refractivity contribution in [2.24, 2.45) is 0 Å². The van der Waals surface area contributed by atoms with Crippen LogP contribution in [0.3, 0.4) is 0 Å². The van der Waals surface area contributed by atoms with Gasteiger partial charge in [-0.2, -0.15) is 0 Å². The second kappa shape index (κ2) is 10.5. The maximum absolute atomic E-state index is 13.5. The van der Waals surface area contributed by atoms with E-state index in [0.717, 1.165) is 11.1 Å². The summed E-state index contributed by atoms with van der Waals surface area (Å²) in [5, 5.41) is 21.6. The van der Waals surface area contributed by atoms with Crippen LogP contribution in [0.5, 0.6) is 17.2 Å². The lowest BCUT2D eigenvalue weighted by molar-refractivity contribution is -0.132. The number of rotatable bonds is 8. The van der Waals surface area contributed by atoms with Gasteiger partial charge in [-0.3, -0.25) is 14.5 Å². The average molecular weight is 531 g/mol. The van der Waals surface area contributed by atoms with Crippen molar-refractivity contribution in [3.05, 3.63) is 83.4 Å². The third kappa shape index (κ3) is 4.68. The Morgan fingerprint density at radius 2 is 1.76 bits per heavy atom. The Hall–Kier alpha value is -4.37. The first-order valence-corrected chi connectivity index (χ1v) is 13.1. The standard InChI is InChI=1S/C29H26N2O6S/c1-3-14-37-20-7-5-6-18(15-20)26(33)24-25(17-8-10-19(32)11-9-17)31(28(35)27(24)34)29-30-22-13-12-21(36-4-2)16-23(22)38-29/h5-13,15-16,25,32-33H,3-4,14H2,1-2H3/b26-24+. The number of aliphatic hydroxyl groups excluding tert-OH is 1. The number of anilines is 1. The Morgan fingerprint density at radius 1 is 1.00 bits per heavy atom. The van der Waals surface area contributed by atoms with E-state index in [9.17, 15) is 19.8 Å². The molecule has 194 valence electrons. The van der Waals surface area contributed by atoms with E-state index in [2.05, 4.69) is 4.98 Å². The number of phenols is 1. The predicted octanol–water partition coefficient (Wildman–Crippen LogP) is 5.82. The van der Waals surface area contributed by atoms with Crippen LogP contribution in [0, 0.1) is 0 Å². The Labute approximate surface area is 223 Å². The lowest BCUT2D eigenvalue weighted by atomic mass is 9.95. The summed E-state index contributed by atoms with van der Waals surface area (Å²) < 4.78 is 12.1. The van der Waals surface area contributed by atoms with E-state index in [1.165, 1.54) is 28.4 Å². The Kier molecular flexibility index (Phi) is 7.02.